The molecule has 0 saturated carbocycles. The SMILES string of the molecule is COc1ccc(C(=O)Nc2c(C)nc(CC(C)C)c(CN)c2-c2ccc(CN)cc2)cc1.Cl.Cl. The highest BCUT2D eigenvalue weighted by molar-refractivity contribution is 6.07. The van der Waals surface area contributed by atoms with E-state index >= 15 is 0 Å². The van der Waals surface area contributed by atoms with Crippen molar-refractivity contribution in [3.8, 4) is 16.9 Å². The van der Waals surface area contributed by atoms with Crippen LogP contribution in [0.3, 0.4) is 0 Å². The minimum absolute atomic E-state index is 0. The molecule has 3 aromatic rings. The van der Waals surface area contributed by atoms with Crippen molar-refractivity contribution < 1.29 is 9.53 Å². The molecule has 0 aliphatic rings. The Hall–Kier alpha value is -2.64. The summed E-state index contributed by atoms with van der Waals surface area (Å²) < 4.78 is 5.19. The van der Waals surface area contributed by atoms with Gasteiger partial charge in [0.15, 0.2) is 0 Å². The van der Waals surface area contributed by atoms with Gasteiger partial charge < -0.3 is 21.5 Å². The number of benzene rings is 2. The molecule has 1 heterocycles. The van der Waals surface area contributed by atoms with Gasteiger partial charge in [0.05, 0.1) is 18.5 Å². The van der Waals surface area contributed by atoms with Crippen LogP contribution in [0.5, 0.6) is 5.75 Å². The first-order chi connectivity index (χ1) is 15.4. The van der Waals surface area contributed by atoms with Crippen LogP contribution in [0.2, 0.25) is 0 Å². The number of hydrogen-bond donors (Lipinski definition) is 3. The van der Waals surface area contributed by atoms with Crippen LogP contribution in [0.15, 0.2) is 48.5 Å². The second-order valence-electron chi connectivity index (χ2n) is 8.26. The second kappa shape index (κ2) is 13.3. The molecule has 6 nitrogen and oxygen atoms in total. The number of halogens is 2. The number of carbonyl (C=O) groups excluding carboxylic acids is 1. The summed E-state index contributed by atoms with van der Waals surface area (Å²) >= 11 is 0. The maximum absolute atomic E-state index is 13.1. The monoisotopic (exact) mass is 504 g/mol. The van der Waals surface area contributed by atoms with Gasteiger partial charge in [-0.15, -0.1) is 24.8 Å². The van der Waals surface area contributed by atoms with Crippen molar-refractivity contribution in [2.45, 2.75) is 40.3 Å². The summed E-state index contributed by atoms with van der Waals surface area (Å²) in [5.74, 6) is 0.917. The van der Waals surface area contributed by atoms with E-state index in [1.807, 2.05) is 31.2 Å². The van der Waals surface area contributed by atoms with Crippen LogP contribution in [0.1, 0.15) is 46.7 Å². The van der Waals surface area contributed by atoms with Crippen molar-refractivity contribution >= 4 is 36.4 Å². The van der Waals surface area contributed by atoms with Crippen molar-refractivity contribution in [3.63, 3.8) is 0 Å². The molecule has 5 N–H and O–H groups in total. The first-order valence-electron chi connectivity index (χ1n) is 10.8. The van der Waals surface area contributed by atoms with E-state index in [0.29, 0.717) is 36.0 Å². The molecule has 2 aromatic carbocycles. The van der Waals surface area contributed by atoms with E-state index in [1.165, 1.54) is 0 Å². The maximum atomic E-state index is 13.1. The fourth-order valence-corrected chi connectivity index (χ4v) is 3.78. The first-order valence-corrected chi connectivity index (χ1v) is 10.8. The molecule has 34 heavy (non-hydrogen) atoms. The van der Waals surface area contributed by atoms with E-state index in [4.69, 9.17) is 21.2 Å². The van der Waals surface area contributed by atoms with Crippen molar-refractivity contribution in [2.24, 2.45) is 17.4 Å². The van der Waals surface area contributed by atoms with Crippen molar-refractivity contribution in [1.82, 2.24) is 4.98 Å². The second-order valence-corrected chi connectivity index (χ2v) is 8.26. The summed E-state index contributed by atoms with van der Waals surface area (Å²) in [5, 5.41) is 3.09. The van der Waals surface area contributed by atoms with Gasteiger partial charge in [0, 0.05) is 29.9 Å². The van der Waals surface area contributed by atoms with Gasteiger partial charge in [0.1, 0.15) is 5.75 Å². The van der Waals surface area contributed by atoms with Gasteiger partial charge in [-0.1, -0.05) is 38.1 Å². The molecule has 0 saturated heterocycles. The fourth-order valence-electron chi connectivity index (χ4n) is 3.78. The van der Waals surface area contributed by atoms with Crippen LogP contribution in [0.25, 0.3) is 11.1 Å². The number of hydrogen-bond acceptors (Lipinski definition) is 5. The molecule has 1 aromatic heterocycles. The molecule has 0 fully saturated rings. The third-order valence-electron chi connectivity index (χ3n) is 5.44. The van der Waals surface area contributed by atoms with Gasteiger partial charge in [-0.3, -0.25) is 9.78 Å². The number of rotatable bonds is 8. The minimum Gasteiger partial charge on any atom is -0.497 e. The van der Waals surface area contributed by atoms with E-state index in [9.17, 15) is 4.79 Å². The van der Waals surface area contributed by atoms with Crippen LogP contribution in [0, 0.1) is 12.8 Å². The molecule has 0 radical (unpaired) electrons. The summed E-state index contributed by atoms with van der Waals surface area (Å²) in [4.78, 5) is 17.9. The Balaban J connectivity index is 0.00000289. The molecule has 1 amide bonds. The number of methoxy groups -OCH3 is 1. The number of nitrogens with one attached hydrogen (secondary N) is 1. The van der Waals surface area contributed by atoms with Gasteiger partial charge in [-0.25, -0.2) is 0 Å². The van der Waals surface area contributed by atoms with Gasteiger partial charge in [-0.2, -0.15) is 0 Å². The molecule has 0 unspecified atom stereocenters. The van der Waals surface area contributed by atoms with Crippen LogP contribution in [0.4, 0.5) is 5.69 Å². The number of pyridine rings is 1. The lowest BCUT2D eigenvalue weighted by atomic mass is 9.92. The summed E-state index contributed by atoms with van der Waals surface area (Å²) in [6, 6.07) is 15.1. The number of ether oxygens (including phenoxy) is 1. The standard InChI is InChI=1S/C26H32N4O2.2ClH/c1-16(2)13-23-22(15-28)24(19-7-5-18(14-27)6-8-19)25(17(3)29-23)30-26(31)20-9-11-21(32-4)12-10-20;;/h5-12,16H,13-15,27-28H2,1-4H3,(H,30,31);2*1H. The highest BCUT2D eigenvalue weighted by Crippen LogP contribution is 2.36. The molecule has 0 spiro atoms. The van der Waals surface area contributed by atoms with Gasteiger partial charge in [-0.05, 0) is 60.2 Å². The molecule has 0 aliphatic carbocycles. The Kier molecular flexibility index (Phi) is 11.5. The number of nitrogens with two attached hydrogens (primary N) is 2. The zero-order valence-corrected chi connectivity index (χ0v) is 21.7. The zero-order valence-electron chi connectivity index (χ0n) is 20.1. The van der Waals surface area contributed by atoms with Gasteiger partial charge in [0.25, 0.3) is 5.91 Å². The summed E-state index contributed by atoms with van der Waals surface area (Å²) in [6.07, 6.45) is 0.813. The maximum Gasteiger partial charge on any atom is 0.255 e. The number of aromatic nitrogens is 1. The van der Waals surface area contributed by atoms with E-state index in [2.05, 4.69) is 19.2 Å². The van der Waals surface area contributed by atoms with Gasteiger partial charge in [0.2, 0.25) is 0 Å². The molecule has 0 atom stereocenters. The zero-order chi connectivity index (χ0) is 23.3. The smallest absolute Gasteiger partial charge is 0.255 e. The minimum atomic E-state index is -0.211. The van der Waals surface area contributed by atoms with Crippen LogP contribution in [-0.2, 0) is 19.5 Å². The Bertz CT molecular complexity index is 1090. The highest BCUT2D eigenvalue weighted by Gasteiger charge is 2.21. The molecule has 3 rings (SSSR count). The lowest BCUT2D eigenvalue weighted by Crippen LogP contribution is -2.18. The number of anilines is 1. The fraction of sp³-hybridized carbons (Fsp3) is 0.308. The van der Waals surface area contributed by atoms with E-state index < -0.39 is 0 Å². The van der Waals surface area contributed by atoms with E-state index in [-0.39, 0.29) is 30.7 Å². The quantitative estimate of drug-likeness (QED) is 0.387. The van der Waals surface area contributed by atoms with Crippen molar-refractivity contribution in [3.05, 3.63) is 76.6 Å². The van der Waals surface area contributed by atoms with E-state index in [0.717, 1.165) is 40.1 Å². The number of nitrogens with zero attached hydrogens (tertiary/aromatic N) is 1. The molecule has 8 heteroatoms. The Morgan fingerprint density at radius 1 is 1.00 bits per heavy atom. The Morgan fingerprint density at radius 3 is 2.12 bits per heavy atom. The number of carbonyl (C=O) groups is 1. The molecular formula is C26H34Cl2N4O2. The van der Waals surface area contributed by atoms with Crippen LogP contribution in [-0.4, -0.2) is 18.0 Å². The molecule has 0 bridgehead atoms. The summed E-state index contributed by atoms with van der Waals surface area (Å²) in [7, 11) is 1.60. The largest absolute Gasteiger partial charge is 0.497 e. The highest BCUT2D eigenvalue weighted by atomic mass is 35.5. The van der Waals surface area contributed by atoms with E-state index in [1.54, 1.807) is 31.4 Å². The molecule has 184 valence electrons. The van der Waals surface area contributed by atoms with Crippen molar-refractivity contribution in [1.29, 1.82) is 0 Å². The van der Waals surface area contributed by atoms with Crippen LogP contribution < -0.4 is 21.5 Å². The van der Waals surface area contributed by atoms with Crippen LogP contribution >= 0.6 is 24.8 Å². The first kappa shape index (κ1) is 29.4. The number of amides is 1. The van der Waals surface area contributed by atoms with Crippen molar-refractivity contribution in [2.75, 3.05) is 12.4 Å². The molecular weight excluding hydrogens is 471 g/mol. The number of aryl methyl sites for hydroxylation is 1. The predicted molar refractivity (Wildman–Crippen MR) is 144 cm³/mol. The third kappa shape index (κ3) is 6.70. The summed E-state index contributed by atoms with van der Waals surface area (Å²) in [5.41, 5.74) is 18.8. The predicted octanol–water partition coefficient (Wildman–Crippen LogP) is 5.28. The topological polar surface area (TPSA) is 103 Å². The third-order valence-corrected chi connectivity index (χ3v) is 5.44. The van der Waals surface area contributed by atoms with Gasteiger partial charge >= 0.3 is 0 Å². The summed E-state index contributed by atoms with van der Waals surface area (Å²) in [6.45, 7) is 7.04. The Labute approximate surface area is 214 Å². The molecule has 0 aliphatic heterocycles. The average Bonchev–Trinajstić information content (AvgIpc) is 2.80. The normalized spacial score (nSPS) is 10.3. The average molecular weight is 505 g/mol. The Morgan fingerprint density at radius 2 is 1.62 bits per heavy atom. The lowest BCUT2D eigenvalue weighted by Gasteiger charge is -2.21. The lowest BCUT2D eigenvalue weighted by molar-refractivity contribution is 0.102.